The zero-order chi connectivity index (χ0) is 20.0. The van der Waals surface area contributed by atoms with Gasteiger partial charge in [0, 0.05) is 29.0 Å². The van der Waals surface area contributed by atoms with Gasteiger partial charge >= 0.3 is 0 Å². The molecule has 3 heterocycles. The highest BCUT2D eigenvalue weighted by Crippen LogP contribution is 2.22. The quantitative estimate of drug-likeness (QED) is 0.458. The first-order chi connectivity index (χ1) is 13.3. The Balaban J connectivity index is 1.98. The molecule has 4 aromatic rings. The number of fused-ring (bicyclic) bond motifs is 2. The second kappa shape index (κ2) is 7.08. The molecule has 0 unspecified atom stereocenters. The van der Waals surface area contributed by atoms with E-state index in [0.717, 1.165) is 0 Å². The van der Waals surface area contributed by atoms with Crippen molar-refractivity contribution in [3.63, 3.8) is 0 Å². The summed E-state index contributed by atoms with van der Waals surface area (Å²) in [7, 11) is 0. The standard InChI is InChI=1S/C21H17Cl2N3O2/c1-12(2)11-25-5-3-18-16(20(25)27)10-17-19(24-18)4-6-26(21(17)28)15-8-13(22)7-14(23)9-15/h3-10,12H,11H2,1-2H3. The van der Waals surface area contributed by atoms with Crippen LogP contribution >= 0.6 is 23.2 Å². The second-order valence-electron chi connectivity index (χ2n) is 7.14. The minimum Gasteiger partial charge on any atom is -0.315 e. The Bertz CT molecular complexity index is 1320. The topological polar surface area (TPSA) is 56.9 Å². The minimum absolute atomic E-state index is 0.152. The van der Waals surface area contributed by atoms with Crippen LogP contribution in [-0.2, 0) is 6.54 Å². The van der Waals surface area contributed by atoms with Crippen LogP contribution in [0.2, 0.25) is 10.0 Å². The molecule has 0 saturated carbocycles. The highest BCUT2D eigenvalue weighted by Gasteiger charge is 2.12. The third kappa shape index (κ3) is 3.32. The van der Waals surface area contributed by atoms with E-state index in [-0.39, 0.29) is 11.1 Å². The number of nitrogens with zero attached hydrogens (tertiary/aromatic N) is 3. The van der Waals surface area contributed by atoms with Gasteiger partial charge in [-0.05, 0) is 42.3 Å². The minimum atomic E-state index is -0.288. The van der Waals surface area contributed by atoms with Gasteiger partial charge in [-0.3, -0.25) is 14.2 Å². The first kappa shape index (κ1) is 18.7. The molecular formula is C21H17Cl2N3O2. The summed E-state index contributed by atoms with van der Waals surface area (Å²) in [6.45, 7) is 4.70. The van der Waals surface area contributed by atoms with Crippen LogP contribution in [0.4, 0.5) is 0 Å². The van der Waals surface area contributed by atoms with Crippen molar-refractivity contribution in [3.05, 3.63) is 79.5 Å². The smallest absolute Gasteiger partial charge is 0.264 e. The second-order valence-corrected chi connectivity index (χ2v) is 8.01. The Morgan fingerprint density at radius 1 is 0.893 bits per heavy atom. The lowest BCUT2D eigenvalue weighted by atomic mass is 10.1. The third-order valence-electron chi connectivity index (χ3n) is 4.50. The summed E-state index contributed by atoms with van der Waals surface area (Å²) in [6.07, 6.45) is 3.38. The molecule has 0 N–H and O–H groups in total. The molecule has 0 spiro atoms. The predicted molar refractivity (Wildman–Crippen MR) is 114 cm³/mol. The van der Waals surface area contributed by atoms with Crippen LogP contribution in [0.15, 0.2) is 58.4 Å². The summed E-state index contributed by atoms with van der Waals surface area (Å²) in [5.74, 6) is 0.327. The first-order valence-corrected chi connectivity index (χ1v) is 9.61. The van der Waals surface area contributed by atoms with Gasteiger partial charge in [0.2, 0.25) is 0 Å². The van der Waals surface area contributed by atoms with Crippen molar-refractivity contribution < 1.29 is 0 Å². The van der Waals surface area contributed by atoms with Gasteiger partial charge < -0.3 is 4.57 Å². The summed E-state index contributed by atoms with van der Waals surface area (Å²) in [4.78, 5) is 30.5. The fourth-order valence-corrected chi connectivity index (χ4v) is 3.80. The van der Waals surface area contributed by atoms with Crippen molar-refractivity contribution in [2.75, 3.05) is 0 Å². The monoisotopic (exact) mass is 413 g/mol. The van der Waals surface area contributed by atoms with Crippen molar-refractivity contribution in [2.24, 2.45) is 5.92 Å². The average Bonchev–Trinajstić information content (AvgIpc) is 2.62. The zero-order valence-corrected chi connectivity index (χ0v) is 16.8. The molecule has 0 aliphatic carbocycles. The van der Waals surface area contributed by atoms with E-state index >= 15 is 0 Å². The molecule has 142 valence electrons. The predicted octanol–water partition coefficient (Wildman–Crippen LogP) is 4.66. The SMILES string of the molecule is CC(C)Cn1ccc2nc3ccn(-c4cc(Cl)cc(Cl)c4)c(=O)c3cc2c1=O. The maximum absolute atomic E-state index is 13.1. The number of hydrogen-bond donors (Lipinski definition) is 0. The molecule has 0 saturated heterocycles. The summed E-state index contributed by atoms with van der Waals surface area (Å²) in [5, 5.41) is 1.66. The van der Waals surface area contributed by atoms with Crippen LogP contribution in [-0.4, -0.2) is 14.1 Å². The normalized spacial score (nSPS) is 11.6. The summed E-state index contributed by atoms with van der Waals surface area (Å²) in [6, 6.07) is 10.1. The Labute approximate surface area is 170 Å². The highest BCUT2D eigenvalue weighted by molar-refractivity contribution is 6.34. The number of benzene rings is 1. The lowest BCUT2D eigenvalue weighted by Crippen LogP contribution is -2.23. The molecule has 0 aliphatic heterocycles. The van der Waals surface area contributed by atoms with E-state index in [4.69, 9.17) is 23.2 Å². The Hall–Kier alpha value is -2.63. The molecule has 1 aromatic carbocycles. The van der Waals surface area contributed by atoms with Crippen LogP contribution in [0.3, 0.4) is 0 Å². The third-order valence-corrected chi connectivity index (χ3v) is 4.94. The van der Waals surface area contributed by atoms with Crippen LogP contribution in [0.5, 0.6) is 0 Å². The fraction of sp³-hybridized carbons (Fsp3) is 0.190. The van der Waals surface area contributed by atoms with Crippen molar-refractivity contribution in [2.45, 2.75) is 20.4 Å². The molecule has 4 rings (SSSR count). The van der Waals surface area contributed by atoms with Gasteiger partial charge in [-0.2, -0.15) is 0 Å². The lowest BCUT2D eigenvalue weighted by Gasteiger charge is -2.11. The molecule has 3 aromatic heterocycles. The molecule has 0 atom stereocenters. The van der Waals surface area contributed by atoms with E-state index in [9.17, 15) is 9.59 Å². The van der Waals surface area contributed by atoms with Gasteiger partial charge in [0.25, 0.3) is 11.1 Å². The number of rotatable bonds is 3. The lowest BCUT2D eigenvalue weighted by molar-refractivity contribution is 0.513. The van der Waals surface area contributed by atoms with Gasteiger partial charge in [0.15, 0.2) is 0 Å². The molecule has 5 nitrogen and oxygen atoms in total. The van der Waals surface area contributed by atoms with Crippen molar-refractivity contribution in [3.8, 4) is 5.69 Å². The summed E-state index contributed by atoms with van der Waals surface area (Å²) in [5.41, 5.74) is 1.21. The molecule has 0 fully saturated rings. The Morgan fingerprint density at radius 3 is 2.14 bits per heavy atom. The maximum atomic E-state index is 13.1. The van der Waals surface area contributed by atoms with Crippen LogP contribution < -0.4 is 11.1 Å². The summed E-state index contributed by atoms with van der Waals surface area (Å²) < 4.78 is 3.10. The Kier molecular flexibility index (Phi) is 4.73. The van der Waals surface area contributed by atoms with Gasteiger partial charge in [-0.1, -0.05) is 37.0 Å². The first-order valence-electron chi connectivity index (χ1n) is 8.85. The fourth-order valence-electron chi connectivity index (χ4n) is 3.28. The molecule has 7 heteroatoms. The molecule has 28 heavy (non-hydrogen) atoms. The average molecular weight is 414 g/mol. The van der Waals surface area contributed by atoms with Crippen molar-refractivity contribution in [1.82, 2.24) is 14.1 Å². The van der Waals surface area contributed by atoms with Gasteiger partial charge in [-0.15, -0.1) is 0 Å². The number of aromatic nitrogens is 3. The molecular weight excluding hydrogens is 397 g/mol. The van der Waals surface area contributed by atoms with Crippen LogP contribution in [0.1, 0.15) is 13.8 Å². The van der Waals surface area contributed by atoms with E-state index in [2.05, 4.69) is 4.98 Å². The molecule has 0 bridgehead atoms. The highest BCUT2D eigenvalue weighted by atomic mass is 35.5. The van der Waals surface area contributed by atoms with Crippen LogP contribution in [0, 0.1) is 5.92 Å². The molecule has 0 radical (unpaired) electrons. The van der Waals surface area contributed by atoms with E-state index in [1.807, 2.05) is 13.8 Å². The number of halogens is 2. The van der Waals surface area contributed by atoms with Gasteiger partial charge in [0.05, 0.1) is 27.5 Å². The van der Waals surface area contributed by atoms with E-state index in [0.29, 0.717) is 50.0 Å². The molecule has 0 aliphatic rings. The Morgan fingerprint density at radius 2 is 1.50 bits per heavy atom. The van der Waals surface area contributed by atoms with E-state index in [1.165, 1.54) is 4.57 Å². The largest absolute Gasteiger partial charge is 0.315 e. The van der Waals surface area contributed by atoms with E-state index < -0.39 is 0 Å². The number of pyridine rings is 3. The summed E-state index contributed by atoms with van der Waals surface area (Å²) >= 11 is 12.1. The van der Waals surface area contributed by atoms with E-state index in [1.54, 1.807) is 53.4 Å². The number of hydrogen-bond acceptors (Lipinski definition) is 3. The van der Waals surface area contributed by atoms with Crippen molar-refractivity contribution in [1.29, 1.82) is 0 Å². The van der Waals surface area contributed by atoms with Crippen molar-refractivity contribution >= 4 is 45.0 Å². The van der Waals surface area contributed by atoms with Crippen LogP contribution in [0.25, 0.3) is 27.5 Å². The zero-order valence-electron chi connectivity index (χ0n) is 15.3. The van der Waals surface area contributed by atoms with Gasteiger partial charge in [0.1, 0.15) is 0 Å². The molecule has 0 amide bonds. The van der Waals surface area contributed by atoms with Gasteiger partial charge in [-0.25, -0.2) is 4.98 Å². The maximum Gasteiger partial charge on any atom is 0.264 e.